The van der Waals surface area contributed by atoms with Crippen LogP contribution >= 0.6 is 0 Å². The SMILES string of the molecule is CN(C)C(N)=NCC1(CO)CC2(CCC2)C1. The highest BCUT2D eigenvalue weighted by Crippen LogP contribution is 2.64. The van der Waals surface area contributed by atoms with Crippen LogP contribution in [0.1, 0.15) is 32.1 Å². The standard InChI is InChI=1S/C12H23N3O/c1-15(2)10(13)14-8-12(9-16)6-11(7-12)4-3-5-11/h16H,3-9H2,1-2H3,(H2,13,14). The number of nitrogens with zero attached hydrogens (tertiary/aromatic N) is 2. The summed E-state index contributed by atoms with van der Waals surface area (Å²) in [5.74, 6) is 0.558. The molecule has 0 aromatic rings. The number of aliphatic imine (C=N–C) groups is 1. The predicted octanol–water partition coefficient (Wildman–Crippen LogP) is 0.805. The highest BCUT2D eigenvalue weighted by atomic mass is 16.3. The fourth-order valence-electron chi connectivity index (χ4n) is 3.23. The van der Waals surface area contributed by atoms with Crippen molar-refractivity contribution in [1.82, 2.24) is 4.90 Å². The molecule has 0 aromatic carbocycles. The van der Waals surface area contributed by atoms with Crippen molar-refractivity contribution >= 4 is 5.96 Å². The van der Waals surface area contributed by atoms with Crippen molar-refractivity contribution < 1.29 is 5.11 Å². The van der Waals surface area contributed by atoms with Crippen LogP contribution in [-0.2, 0) is 0 Å². The van der Waals surface area contributed by atoms with Crippen molar-refractivity contribution in [2.45, 2.75) is 32.1 Å². The Bertz CT molecular complexity index is 287. The normalized spacial score (nSPS) is 26.1. The first-order valence-corrected chi connectivity index (χ1v) is 6.09. The highest BCUT2D eigenvalue weighted by molar-refractivity contribution is 5.77. The van der Waals surface area contributed by atoms with E-state index in [9.17, 15) is 5.11 Å². The third-order valence-electron chi connectivity index (χ3n) is 4.28. The molecule has 2 fully saturated rings. The van der Waals surface area contributed by atoms with E-state index in [2.05, 4.69) is 4.99 Å². The average Bonchev–Trinajstić information content (AvgIpc) is 2.13. The minimum atomic E-state index is 0.0288. The predicted molar refractivity (Wildman–Crippen MR) is 65.2 cm³/mol. The topological polar surface area (TPSA) is 61.8 Å². The molecule has 0 atom stereocenters. The van der Waals surface area contributed by atoms with Crippen LogP contribution in [0.15, 0.2) is 4.99 Å². The molecule has 2 rings (SSSR count). The van der Waals surface area contributed by atoms with Crippen LogP contribution < -0.4 is 5.73 Å². The van der Waals surface area contributed by atoms with Crippen molar-refractivity contribution in [3.05, 3.63) is 0 Å². The number of nitrogens with two attached hydrogens (primary N) is 1. The van der Waals surface area contributed by atoms with Crippen LogP contribution in [0.4, 0.5) is 0 Å². The van der Waals surface area contributed by atoms with Crippen LogP contribution in [0, 0.1) is 10.8 Å². The first kappa shape index (κ1) is 11.7. The molecule has 0 amide bonds. The summed E-state index contributed by atoms with van der Waals surface area (Å²) in [6.45, 7) is 0.925. The van der Waals surface area contributed by atoms with E-state index >= 15 is 0 Å². The molecule has 92 valence electrons. The van der Waals surface area contributed by atoms with E-state index < -0.39 is 0 Å². The molecule has 0 radical (unpaired) electrons. The van der Waals surface area contributed by atoms with Gasteiger partial charge in [0.05, 0.1) is 13.2 Å². The maximum absolute atomic E-state index is 9.52. The lowest BCUT2D eigenvalue weighted by Gasteiger charge is -2.60. The molecule has 4 heteroatoms. The zero-order valence-electron chi connectivity index (χ0n) is 10.4. The maximum Gasteiger partial charge on any atom is 0.190 e. The third-order valence-corrected chi connectivity index (χ3v) is 4.28. The van der Waals surface area contributed by atoms with Gasteiger partial charge in [-0.15, -0.1) is 0 Å². The maximum atomic E-state index is 9.52. The Balaban J connectivity index is 1.90. The largest absolute Gasteiger partial charge is 0.396 e. The van der Waals surface area contributed by atoms with Crippen molar-refractivity contribution in [1.29, 1.82) is 0 Å². The molecule has 2 aliphatic rings. The zero-order valence-corrected chi connectivity index (χ0v) is 10.4. The van der Waals surface area contributed by atoms with E-state index in [1.54, 1.807) is 0 Å². The number of aliphatic hydroxyl groups excluding tert-OH is 1. The molecule has 2 aliphatic carbocycles. The summed E-state index contributed by atoms with van der Waals surface area (Å²) in [7, 11) is 3.78. The Hall–Kier alpha value is -0.770. The van der Waals surface area contributed by atoms with E-state index in [0.717, 1.165) is 12.8 Å². The van der Waals surface area contributed by atoms with Gasteiger partial charge in [-0.05, 0) is 31.1 Å². The molecule has 0 aromatic heterocycles. The summed E-state index contributed by atoms with van der Waals surface area (Å²) in [4.78, 5) is 6.18. The lowest BCUT2D eigenvalue weighted by atomic mass is 9.45. The van der Waals surface area contributed by atoms with Gasteiger partial charge < -0.3 is 15.7 Å². The Morgan fingerprint density at radius 3 is 2.38 bits per heavy atom. The van der Waals surface area contributed by atoms with Gasteiger partial charge in [-0.25, -0.2) is 0 Å². The lowest BCUT2D eigenvalue weighted by Crippen LogP contribution is -2.54. The van der Waals surface area contributed by atoms with E-state index in [4.69, 9.17) is 5.73 Å². The Morgan fingerprint density at radius 2 is 2.00 bits per heavy atom. The summed E-state index contributed by atoms with van der Waals surface area (Å²) >= 11 is 0. The first-order valence-electron chi connectivity index (χ1n) is 6.09. The van der Waals surface area contributed by atoms with Gasteiger partial charge in [0.15, 0.2) is 5.96 Å². The molecule has 0 bridgehead atoms. The van der Waals surface area contributed by atoms with Gasteiger partial charge in [0.2, 0.25) is 0 Å². The molecular weight excluding hydrogens is 202 g/mol. The second kappa shape index (κ2) is 3.91. The van der Waals surface area contributed by atoms with Gasteiger partial charge >= 0.3 is 0 Å². The van der Waals surface area contributed by atoms with Crippen LogP contribution in [0.2, 0.25) is 0 Å². The number of rotatable bonds is 3. The van der Waals surface area contributed by atoms with Crippen LogP contribution in [0.25, 0.3) is 0 Å². The summed E-state index contributed by atoms with van der Waals surface area (Å²) in [5.41, 5.74) is 6.37. The monoisotopic (exact) mass is 225 g/mol. The average molecular weight is 225 g/mol. The van der Waals surface area contributed by atoms with Gasteiger partial charge in [0.25, 0.3) is 0 Å². The van der Waals surface area contributed by atoms with Gasteiger partial charge in [-0.3, -0.25) is 4.99 Å². The smallest absolute Gasteiger partial charge is 0.190 e. The molecule has 0 unspecified atom stereocenters. The number of guanidine groups is 1. The molecule has 16 heavy (non-hydrogen) atoms. The van der Waals surface area contributed by atoms with Crippen LogP contribution in [0.5, 0.6) is 0 Å². The number of aliphatic hydroxyl groups is 1. The van der Waals surface area contributed by atoms with E-state index in [0.29, 0.717) is 17.9 Å². The van der Waals surface area contributed by atoms with Gasteiger partial charge in [0, 0.05) is 19.5 Å². The van der Waals surface area contributed by atoms with Crippen molar-refractivity contribution in [2.75, 3.05) is 27.2 Å². The molecule has 0 aliphatic heterocycles. The lowest BCUT2D eigenvalue weighted by molar-refractivity contribution is -0.115. The van der Waals surface area contributed by atoms with E-state index in [-0.39, 0.29) is 12.0 Å². The third kappa shape index (κ3) is 1.90. The summed E-state index contributed by atoms with van der Waals surface area (Å²) < 4.78 is 0. The zero-order chi connectivity index (χ0) is 11.8. The number of hydrogen-bond acceptors (Lipinski definition) is 2. The molecule has 2 saturated carbocycles. The molecule has 0 saturated heterocycles. The Labute approximate surface area is 97.5 Å². The van der Waals surface area contributed by atoms with E-state index in [1.807, 2.05) is 19.0 Å². The second-order valence-electron chi connectivity index (χ2n) is 5.93. The minimum absolute atomic E-state index is 0.0288. The summed E-state index contributed by atoms with van der Waals surface area (Å²) in [5, 5.41) is 9.52. The molecule has 4 nitrogen and oxygen atoms in total. The first-order chi connectivity index (χ1) is 7.51. The van der Waals surface area contributed by atoms with Gasteiger partial charge in [0.1, 0.15) is 0 Å². The fraction of sp³-hybridized carbons (Fsp3) is 0.917. The molecule has 0 heterocycles. The van der Waals surface area contributed by atoms with Crippen molar-refractivity contribution in [2.24, 2.45) is 21.6 Å². The van der Waals surface area contributed by atoms with E-state index in [1.165, 1.54) is 19.3 Å². The minimum Gasteiger partial charge on any atom is -0.396 e. The van der Waals surface area contributed by atoms with Crippen LogP contribution in [-0.4, -0.2) is 43.2 Å². The van der Waals surface area contributed by atoms with Gasteiger partial charge in [-0.2, -0.15) is 0 Å². The number of hydrogen-bond donors (Lipinski definition) is 2. The highest BCUT2D eigenvalue weighted by Gasteiger charge is 2.56. The second-order valence-corrected chi connectivity index (χ2v) is 5.93. The van der Waals surface area contributed by atoms with Crippen LogP contribution in [0.3, 0.4) is 0 Å². The quantitative estimate of drug-likeness (QED) is 0.552. The summed E-state index contributed by atoms with van der Waals surface area (Å²) in [6, 6.07) is 0. The van der Waals surface area contributed by atoms with Crippen molar-refractivity contribution in [3.63, 3.8) is 0 Å². The Morgan fingerprint density at radius 1 is 1.38 bits per heavy atom. The van der Waals surface area contributed by atoms with Crippen molar-refractivity contribution in [3.8, 4) is 0 Å². The van der Waals surface area contributed by atoms with Gasteiger partial charge in [-0.1, -0.05) is 6.42 Å². The Kier molecular flexibility index (Phi) is 2.86. The molecular formula is C12H23N3O. The fourth-order valence-corrected chi connectivity index (χ4v) is 3.23. The molecule has 1 spiro atoms. The summed E-state index contributed by atoms with van der Waals surface area (Å²) in [6.07, 6.45) is 6.34. The molecule has 3 N–H and O–H groups in total.